The van der Waals surface area contributed by atoms with Gasteiger partial charge in [-0.1, -0.05) is 104 Å². The van der Waals surface area contributed by atoms with Crippen molar-refractivity contribution in [3.63, 3.8) is 0 Å². The number of benzene rings is 3. The standard InChI is InChI=1S/C35H34FN3O5S2/c1-3-5-11-20-44-28-19-17-24(21-29(28)43-4-2)31-30(27(40)18-16-23-12-7-6-8-13-23)32(41)33(42)39(31)34-37-38-35(46-34)45-22-25-14-9-10-15-26(25)36/h6-10,12-19,21,31,41H,3-5,11,20,22H2,1-2H3/b18-16+. The number of allylic oxidation sites excluding steroid dienone is 1. The maximum absolute atomic E-state index is 14.2. The average Bonchev–Trinajstić information content (AvgIpc) is 3.64. The quantitative estimate of drug-likeness (QED) is 0.0591. The summed E-state index contributed by atoms with van der Waals surface area (Å²) >= 11 is 2.39. The number of unbranched alkanes of at least 4 members (excludes halogenated alkanes) is 2. The molecule has 0 bridgehead atoms. The number of aliphatic hydroxyl groups is 1. The Labute approximate surface area is 275 Å². The minimum Gasteiger partial charge on any atom is -0.503 e. The van der Waals surface area contributed by atoms with Gasteiger partial charge in [0, 0.05) is 5.75 Å². The molecule has 0 aliphatic carbocycles. The summed E-state index contributed by atoms with van der Waals surface area (Å²) in [5, 5.41) is 19.8. The van der Waals surface area contributed by atoms with E-state index < -0.39 is 23.5 Å². The van der Waals surface area contributed by atoms with E-state index in [-0.39, 0.29) is 16.5 Å². The lowest BCUT2D eigenvalue weighted by molar-refractivity contribution is -0.117. The van der Waals surface area contributed by atoms with Gasteiger partial charge >= 0.3 is 0 Å². The molecule has 11 heteroatoms. The minimum absolute atomic E-state index is 0.0907. The number of halogens is 1. The SMILES string of the molecule is CCCCCOc1ccc(C2C(C(=O)/C=C/c3ccccc3)=C(O)C(=O)N2c2nnc(SCc3ccccc3F)s2)cc1OCC. The summed E-state index contributed by atoms with van der Waals surface area (Å²) in [6, 6.07) is 19.9. The van der Waals surface area contributed by atoms with Gasteiger partial charge in [0.25, 0.3) is 5.91 Å². The first kappa shape index (κ1) is 32.9. The molecule has 1 aromatic heterocycles. The molecule has 1 N–H and O–H groups in total. The van der Waals surface area contributed by atoms with Crippen molar-refractivity contribution >= 4 is 46.0 Å². The molecule has 1 aliphatic rings. The summed E-state index contributed by atoms with van der Waals surface area (Å²) in [5.74, 6) is -0.974. The first-order valence-electron chi connectivity index (χ1n) is 15.0. The van der Waals surface area contributed by atoms with Gasteiger partial charge in [0.2, 0.25) is 5.13 Å². The van der Waals surface area contributed by atoms with Crippen LogP contribution >= 0.6 is 23.1 Å². The van der Waals surface area contributed by atoms with Crippen molar-refractivity contribution in [3.05, 3.63) is 113 Å². The van der Waals surface area contributed by atoms with Crippen molar-refractivity contribution in [2.75, 3.05) is 18.1 Å². The first-order valence-corrected chi connectivity index (χ1v) is 16.8. The van der Waals surface area contributed by atoms with Crippen LogP contribution in [-0.4, -0.2) is 40.2 Å². The van der Waals surface area contributed by atoms with Gasteiger partial charge in [-0.15, -0.1) is 10.2 Å². The molecule has 1 aliphatic heterocycles. The van der Waals surface area contributed by atoms with Crippen LogP contribution in [0.1, 0.15) is 55.8 Å². The molecular formula is C35H34FN3O5S2. The molecule has 0 saturated heterocycles. The fraction of sp³-hybridized carbons (Fsp3) is 0.257. The smallest absolute Gasteiger partial charge is 0.296 e. The monoisotopic (exact) mass is 659 g/mol. The van der Waals surface area contributed by atoms with Crippen molar-refractivity contribution in [1.29, 1.82) is 0 Å². The third-order valence-corrected chi connectivity index (χ3v) is 9.30. The molecule has 0 spiro atoms. The highest BCUT2D eigenvalue weighted by Crippen LogP contribution is 2.45. The third kappa shape index (κ3) is 7.66. The number of hydrogen-bond donors (Lipinski definition) is 1. The van der Waals surface area contributed by atoms with E-state index in [2.05, 4.69) is 17.1 Å². The van der Waals surface area contributed by atoms with Crippen LogP contribution in [0.25, 0.3) is 6.08 Å². The van der Waals surface area contributed by atoms with Gasteiger partial charge in [-0.25, -0.2) is 4.39 Å². The molecule has 5 rings (SSSR count). The molecule has 2 heterocycles. The van der Waals surface area contributed by atoms with Gasteiger partial charge in [0.1, 0.15) is 5.82 Å². The largest absolute Gasteiger partial charge is 0.503 e. The lowest BCUT2D eigenvalue weighted by Crippen LogP contribution is -2.31. The summed E-state index contributed by atoms with van der Waals surface area (Å²) in [5.41, 5.74) is 1.73. The number of amides is 1. The summed E-state index contributed by atoms with van der Waals surface area (Å²) < 4.78 is 26.6. The van der Waals surface area contributed by atoms with E-state index in [1.54, 1.807) is 42.5 Å². The number of aliphatic hydroxyl groups excluding tert-OH is 1. The second kappa shape index (κ2) is 15.7. The molecule has 1 unspecified atom stereocenters. The Hall–Kier alpha value is -4.48. The lowest BCUT2D eigenvalue weighted by atomic mass is 9.95. The van der Waals surface area contributed by atoms with E-state index in [1.807, 2.05) is 37.3 Å². The van der Waals surface area contributed by atoms with Crippen molar-refractivity contribution in [2.45, 2.75) is 49.2 Å². The van der Waals surface area contributed by atoms with Crippen molar-refractivity contribution < 1.29 is 28.6 Å². The van der Waals surface area contributed by atoms with Crippen LogP contribution in [0.5, 0.6) is 11.5 Å². The Bertz CT molecular complexity index is 1740. The molecule has 4 aromatic rings. The van der Waals surface area contributed by atoms with Crippen molar-refractivity contribution in [3.8, 4) is 11.5 Å². The van der Waals surface area contributed by atoms with E-state index in [1.165, 1.54) is 28.8 Å². The lowest BCUT2D eigenvalue weighted by Gasteiger charge is -2.24. The van der Waals surface area contributed by atoms with E-state index >= 15 is 0 Å². The highest BCUT2D eigenvalue weighted by molar-refractivity contribution is 8.00. The number of carbonyl (C=O) groups excluding carboxylic acids is 2. The molecule has 8 nitrogen and oxygen atoms in total. The number of ether oxygens (including phenoxy) is 2. The number of hydrogen-bond acceptors (Lipinski definition) is 9. The molecule has 0 saturated carbocycles. The minimum atomic E-state index is -1.02. The van der Waals surface area contributed by atoms with Crippen LogP contribution < -0.4 is 14.4 Å². The van der Waals surface area contributed by atoms with Crippen LogP contribution in [0.4, 0.5) is 9.52 Å². The molecule has 0 radical (unpaired) electrons. The number of carbonyl (C=O) groups is 2. The van der Waals surface area contributed by atoms with Crippen LogP contribution in [0.3, 0.4) is 0 Å². The zero-order chi connectivity index (χ0) is 32.5. The van der Waals surface area contributed by atoms with Gasteiger partial charge in [-0.2, -0.15) is 0 Å². The highest BCUT2D eigenvalue weighted by Gasteiger charge is 2.45. The number of aromatic nitrogens is 2. The van der Waals surface area contributed by atoms with Gasteiger partial charge in [0.15, 0.2) is 27.4 Å². The van der Waals surface area contributed by atoms with Gasteiger partial charge < -0.3 is 14.6 Å². The Kier molecular flexibility index (Phi) is 11.2. The fourth-order valence-electron chi connectivity index (χ4n) is 4.93. The molecule has 3 aromatic carbocycles. The molecule has 1 atom stereocenters. The third-order valence-electron chi connectivity index (χ3n) is 7.20. The van der Waals surface area contributed by atoms with Gasteiger partial charge in [-0.3, -0.25) is 14.5 Å². The van der Waals surface area contributed by atoms with Crippen LogP contribution in [0.2, 0.25) is 0 Å². The number of anilines is 1. The van der Waals surface area contributed by atoms with E-state index in [0.717, 1.165) is 36.2 Å². The predicted octanol–water partition coefficient (Wildman–Crippen LogP) is 8.12. The first-order chi connectivity index (χ1) is 22.4. The van der Waals surface area contributed by atoms with Crippen LogP contribution in [0, 0.1) is 5.82 Å². The van der Waals surface area contributed by atoms with E-state index in [0.29, 0.717) is 45.9 Å². The zero-order valence-corrected chi connectivity index (χ0v) is 27.2. The number of thioether (sulfide) groups is 1. The van der Waals surface area contributed by atoms with Gasteiger partial charge in [-0.05, 0) is 54.3 Å². The molecule has 238 valence electrons. The fourth-order valence-corrected chi connectivity index (χ4v) is 6.78. The summed E-state index contributed by atoms with van der Waals surface area (Å²) in [4.78, 5) is 28.6. The second-order valence-electron chi connectivity index (χ2n) is 10.4. The summed E-state index contributed by atoms with van der Waals surface area (Å²) in [6.07, 6.45) is 5.97. The maximum Gasteiger partial charge on any atom is 0.296 e. The Morgan fingerprint density at radius 3 is 2.57 bits per heavy atom. The number of ketones is 1. The molecule has 1 amide bonds. The Morgan fingerprint density at radius 2 is 1.80 bits per heavy atom. The Balaban J connectivity index is 1.50. The average molecular weight is 660 g/mol. The van der Waals surface area contributed by atoms with Crippen LogP contribution in [0.15, 0.2) is 94.5 Å². The van der Waals surface area contributed by atoms with Crippen molar-refractivity contribution in [1.82, 2.24) is 10.2 Å². The van der Waals surface area contributed by atoms with E-state index in [9.17, 15) is 19.1 Å². The molecule has 46 heavy (non-hydrogen) atoms. The number of rotatable bonds is 15. The predicted molar refractivity (Wildman–Crippen MR) is 179 cm³/mol. The summed E-state index contributed by atoms with van der Waals surface area (Å²) in [6.45, 7) is 4.87. The van der Waals surface area contributed by atoms with Crippen LogP contribution in [-0.2, 0) is 15.3 Å². The zero-order valence-electron chi connectivity index (χ0n) is 25.5. The van der Waals surface area contributed by atoms with E-state index in [4.69, 9.17) is 9.47 Å². The normalized spacial score (nSPS) is 14.8. The summed E-state index contributed by atoms with van der Waals surface area (Å²) in [7, 11) is 0. The van der Waals surface area contributed by atoms with Gasteiger partial charge in [0.05, 0.1) is 24.8 Å². The number of nitrogens with zero attached hydrogens (tertiary/aromatic N) is 3. The topological polar surface area (TPSA) is 102 Å². The van der Waals surface area contributed by atoms with Crippen molar-refractivity contribution in [2.24, 2.45) is 0 Å². The highest BCUT2D eigenvalue weighted by atomic mass is 32.2. The second-order valence-corrected chi connectivity index (χ2v) is 12.6. The maximum atomic E-state index is 14.2. The molecule has 0 fully saturated rings. The molecular weight excluding hydrogens is 626 g/mol. The Morgan fingerprint density at radius 1 is 1.02 bits per heavy atom.